The molecule has 3 saturated carbocycles. The monoisotopic (exact) mass is 508 g/mol. The lowest BCUT2D eigenvalue weighted by molar-refractivity contribution is 0.155. The minimum absolute atomic E-state index is 0.614. The Kier molecular flexibility index (Phi) is 12.8. The van der Waals surface area contributed by atoms with E-state index in [-0.39, 0.29) is 0 Å². The Hall–Kier alpha value is -0.920. The quantitative estimate of drug-likeness (QED) is 0.233. The molecule has 0 saturated heterocycles. The number of rotatable bonds is 14. The minimum atomic E-state index is 0.614. The molecule has 0 N–H and O–H groups in total. The summed E-state index contributed by atoms with van der Waals surface area (Å²) in [5.74, 6) is 6.49. The lowest BCUT2D eigenvalue weighted by Crippen LogP contribution is -2.25. The van der Waals surface area contributed by atoms with E-state index in [9.17, 15) is 0 Å². The van der Waals surface area contributed by atoms with Crippen molar-refractivity contribution in [2.45, 2.75) is 173 Å². The standard InChI is InChI=1S/C35H60N2/c1-3-5-6-7-8-9-10-11-13-29-14-18-30(19-15-29)31-22-24-32(25-23-31)34-26-36-35(37-27-34)33-20-16-28(12-4-2)17-21-33/h26-33H,3-25H2,1-2H3. The van der Waals surface area contributed by atoms with E-state index in [1.807, 2.05) is 0 Å². The topological polar surface area (TPSA) is 25.8 Å². The second-order valence-corrected chi connectivity index (χ2v) is 13.5. The van der Waals surface area contributed by atoms with Gasteiger partial charge in [0, 0.05) is 18.3 Å². The van der Waals surface area contributed by atoms with E-state index < -0.39 is 0 Å². The molecule has 0 aromatic carbocycles. The molecule has 0 spiro atoms. The van der Waals surface area contributed by atoms with E-state index in [4.69, 9.17) is 9.97 Å². The van der Waals surface area contributed by atoms with Gasteiger partial charge in [-0.05, 0) is 99.4 Å². The second-order valence-electron chi connectivity index (χ2n) is 13.5. The third-order valence-electron chi connectivity index (χ3n) is 10.9. The van der Waals surface area contributed by atoms with Gasteiger partial charge in [0.1, 0.15) is 5.82 Å². The molecule has 0 bridgehead atoms. The van der Waals surface area contributed by atoms with Crippen LogP contribution in [0.2, 0.25) is 0 Å². The fourth-order valence-corrected chi connectivity index (χ4v) is 8.33. The first-order valence-electron chi connectivity index (χ1n) is 17.1. The van der Waals surface area contributed by atoms with Crippen molar-refractivity contribution < 1.29 is 0 Å². The fraction of sp³-hybridized carbons (Fsp3) is 0.886. The lowest BCUT2D eigenvalue weighted by atomic mass is 9.68. The average Bonchev–Trinajstić information content (AvgIpc) is 2.96. The SMILES string of the molecule is CCCCCCCCCCC1CCC(C2CCC(c3cnc(C4CCC(CCC)CC4)nc3)CC2)CC1. The Labute approximate surface area is 230 Å². The molecule has 37 heavy (non-hydrogen) atoms. The van der Waals surface area contributed by atoms with Crippen molar-refractivity contribution in [1.82, 2.24) is 9.97 Å². The number of unbranched alkanes of at least 4 members (excludes halogenated alkanes) is 7. The molecule has 2 nitrogen and oxygen atoms in total. The summed E-state index contributed by atoms with van der Waals surface area (Å²) >= 11 is 0. The van der Waals surface area contributed by atoms with Gasteiger partial charge in [0.05, 0.1) is 0 Å². The molecule has 1 aromatic heterocycles. The fourth-order valence-electron chi connectivity index (χ4n) is 8.33. The zero-order valence-corrected chi connectivity index (χ0v) is 24.8. The van der Waals surface area contributed by atoms with Crippen LogP contribution in [0.1, 0.15) is 185 Å². The van der Waals surface area contributed by atoms with Crippen LogP contribution in [0.25, 0.3) is 0 Å². The molecule has 0 unspecified atom stereocenters. The Morgan fingerprint density at radius 2 is 1.00 bits per heavy atom. The Morgan fingerprint density at radius 3 is 1.59 bits per heavy atom. The van der Waals surface area contributed by atoms with Crippen molar-refractivity contribution in [1.29, 1.82) is 0 Å². The van der Waals surface area contributed by atoms with Gasteiger partial charge in [0.25, 0.3) is 0 Å². The summed E-state index contributed by atoms with van der Waals surface area (Å²) in [4.78, 5) is 9.81. The third-order valence-corrected chi connectivity index (χ3v) is 10.9. The first kappa shape index (κ1) is 29.1. The summed E-state index contributed by atoms with van der Waals surface area (Å²) in [6, 6.07) is 0. The van der Waals surface area contributed by atoms with Crippen LogP contribution < -0.4 is 0 Å². The predicted octanol–water partition coefficient (Wildman–Crippen LogP) is 11.2. The summed E-state index contributed by atoms with van der Waals surface area (Å²) in [5, 5.41) is 0. The van der Waals surface area contributed by atoms with Crippen molar-refractivity contribution in [3.63, 3.8) is 0 Å². The van der Waals surface area contributed by atoms with Crippen LogP contribution >= 0.6 is 0 Å². The summed E-state index contributed by atoms with van der Waals surface area (Å²) in [6.07, 6.45) is 37.5. The first-order valence-corrected chi connectivity index (χ1v) is 17.1. The van der Waals surface area contributed by atoms with Crippen molar-refractivity contribution in [3.8, 4) is 0 Å². The highest BCUT2D eigenvalue weighted by Gasteiger charge is 2.31. The van der Waals surface area contributed by atoms with Gasteiger partial charge < -0.3 is 0 Å². The zero-order valence-electron chi connectivity index (χ0n) is 24.8. The van der Waals surface area contributed by atoms with E-state index in [1.165, 1.54) is 153 Å². The predicted molar refractivity (Wildman–Crippen MR) is 159 cm³/mol. The summed E-state index contributed by atoms with van der Waals surface area (Å²) in [7, 11) is 0. The summed E-state index contributed by atoms with van der Waals surface area (Å²) in [6.45, 7) is 4.64. The van der Waals surface area contributed by atoms with Gasteiger partial charge in [-0.15, -0.1) is 0 Å². The van der Waals surface area contributed by atoms with E-state index in [0.717, 1.165) is 29.5 Å². The van der Waals surface area contributed by atoms with Gasteiger partial charge in [-0.2, -0.15) is 0 Å². The van der Waals surface area contributed by atoms with E-state index in [0.29, 0.717) is 11.8 Å². The van der Waals surface area contributed by atoms with Crippen LogP contribution in [0.4, 0.5) is 0 Å². The molecule has 0 atom stereocenters. The van der Waals surface area contributed by atoms with Crippen LogP contribution in [0, 0.1) is 23.7 Å². The van der Waals surface area contributed by atoms with Crippen LogP contribution in [-0.4, -0.2) is 9.97 Å². The second kappa shape index (κ2) is 16.2. The third kappa shape index (κ3) is 9.35. The lowest BCUT2D eigenvalue weighted by Gasteiger charge is -2.38. The maximum atomic E-state index is 4.91. The smallest absolute Gasteiger partial charge is 0.131 e. The van der Waals surface area contributed by atoms with Gasteiger partial charge in [-0.1, -0.05) is 97.3 Å². The first-order chi connectivity index (χ1) is 18.3. The molecule has 1 aromatic rings. The number of hydrogen-bond acceptors (Lipinski definition) is 2. The Morgan fingerprint density at radius 1 is 0.514 bits per heavy atom. The van der Waals surface area contributed by atoms with Crippen LogP contribution in [0.5, 0.6) is 0 Å². The molecule has 210 valence electrons. The largest absolute Gasteiger partial charge is 0.241 e. The summed E-state index contributed by atoms with van der Waals surface area (Å²) < 4.78 is 0. The molecule has 4 rings (SSSR count). The van der Waals surface area contributed by atoms with Crippen LogP contribution in [0.15, 0.2) is 12.4 Å². The molecular weight excluding hydrogens is 448 g/mol. The van der Waals surface area contributed by atoms with Gasteiger partial charge >= 0.3 is 0 Å². The van der Waals surface area contributed by atoms with Gasteiger partial charge in [0.15, 0.2) is 0 Å². The average molecular weight is 509 g/mol. The van der Waals surface area contributed by atoms with Gasteiger partial charge in [-0.3, -0.25) is 0 Å². The minimum Gasteiger partial charge on any atom is -0.241 e. The van der Waals surface area contributed by atoms with Crippen LogP contribution in [0.3, 0.4) is 0 Å². The van der Waals surface area contributed by atoms with Crippen molar-refractivity contribution >= 4 is 0 Å². The Balaban J connectivity index is 1.09. The summed E-state index contributed by atoms with van der Waals surface area (Å²) in [5.41, 5.74) is 1.43. The molecule has 1 heterocycles. The normalized spacial score (nSPS) is 30.9. The number of nitrogens with zero attached hydrogens (tertiary/aromatic N) is 2. The Bertz CT molecular complexity index is 703. The molecule has 3 aliphatic carbocycles. The molecule has 3 fully saturated rings. The maximum absolute atomic E-state index is 4.91. The molecular formula is C35H60N2. The van der Waals surface area contributed by atoms with Gasteiger partial charge in [0.2, 0.25) is 0 Å². The highest BCUT2D eigenvalue weighted by Crippen LogP contribution is 2.44. The van der Waals surface area contributed by atoms with Crippen molar-refractivity contribution in [3.05, 3.63) is 23.8 Å². The molecule has 0 radical (unpaired) electrons. The zero-order chi connectivity index (χ0) is 25.7. The van der Waals surface area contributed by atoms with Gasteiger partial charge in [-0.25, -0.2) is 9.97 Å². The molecule has 0 aliphatic heterocycles. The molecule has 3 aliphatic rings. The van der Waals surface area contributed by atoms with Crippen molar-refractivity contribution in [2.75, 3.05) is 0 Å². The van der Waals surface area contributed by atoms with Crippen LogP contribution in [-0.2, 0) is 0 Å². The van der Waals surface area contributed by atoms with E-state index in [1.54, 1.807) is 0 Å². The number of hydrogen-bond donors (Lipinski definition) is 0. The number of aromatic nitrogens is 2. The highest BCUT2D eigenvalue weighted by atomic mass is 14.9. The molecule has 0 amide bonds. The van der Waals surface area contributed by atoms with E-state index >= 15 is 0 Å². The molecule has 2 heteroatoms. The maximum Gasteiger partial charge on any atom is 0.131 e. The highest BCUT2D eigenvalue weighted by molar-refractivity contribution is 5.14. The van der Waals surface area contributed by atoms with Crippen molar-refractivity contribution in [2.24, 2.45) is 23.7 Å². The van der Waals surface area contributed by atoms with E-state index in [2.05, 4.69) is 26.2 Å².